The summed E-state index contributed by atoms with van der Waals surface area (Å²) in [6.45, 7) is 9.78. The predicted octanol–water partition coefficient (Wildman–Crippen LogP) is 1.79. The van der Waals surface area contributed by atoms with Gasteiger partial charge in [-0.1, -0.05) is 13.8 Å². The van der Waals surface area contributed by atoms with Gasteiger partial charge in [0.15, 0.2) is 0 Å². The summed E-state index contributed by atoms with van der Waals surface area (Å²) >= 11 is 0. The van der Waals surface area contributed by atoms with Gasteiger partial charge < -0.3 is 15.1 Å². The minimum atomic E-state index is 0.448. The minimum absolute atomic E-state index is 0.448. The summed E-state index contributed by atoms with van der Waals surface area (Å²) in [5, 5.41) is 3.72. The van der Waals surface area contributed by atoms with Crippen LogP contribution in [0.3, 0.4) is 0 Å². The number of rotatable bonds is 7. The molecule has 0 amide bonds. The molecule has 1 saturated carbocycles. The summed E-state index contributed by atoms with van der Waals surface area (Å²) in [4.78, 5) is 5.05. The third kappa shape index (κ3) is 3.94. The molecule has 0 spiro atoms. The van der Waals surface area contributed by atoms with Crippen LogP contribution < -0.4 is 5.32 Å². The average molecular weight is 253 g/mol. The molecule has 18 heavy (non-hydrogen) atoms. The topological polar surface area (TPSA) is 18.5 Å². The first-order valence-corrected chi connectivity index (χ1v) is 7.64. The predicted molar refractivity (Wildman–Crippen MR) is 78.0 cm³/mol. The van der Waals surface area contributed by atoms with Gasteiger partial charge in [-0.25, -0.2) is 0 Å². The van der Waals surface area contributed by atoms with Crippen molar-refractivity contribution in [2.75, 3.05) is 40.3 Å². The molecule has 1 heterocycles. The van der Waals surface area contributed by atoms with E-state index in [2.05, 4.69) is 43.1 Å². The quantitative estimate of drug-likeness (QED) is 0.746. The fourth-order valence-electron chi connectivity index (χ4n) is 2.89. The monoisotopic (exact) mass is 253 g/mol. The lowest BCUT2D eigenvalue weighted by atomic mass is 9.86. The van der Waals surface area contributed by atoms with E-state index in [4.69, 9.17) is 0 Å². The maximum absolute atomic E-state index is 3.72. The first-order valence-electron chi connectivity index (χ1n) is 7.64. The molecule has 106 valence electrons. The Kier molecular flexibility index (Phi) is 4.68. The van der Waals surface area contributed by atoms with E-state index in [0.717, 1.165) is 12.1 Å². The molecule has 0 bridgehead atoms. The normalized spacial score (nSPS) is 28.8. The Hall–Kier alpha value is -0.120. The highest BCUT2D eigenvalue weighted by atomic mass is 15.2. The molecule has 0 aromatic carbocycles. The first kappa shape index (κ1) is 14.3. The molecular weight excluding hydrogens is 222 g/mol. The summed E-state index contributed by atoms with van der Waals surface area (Å²) in [6, 6.07) is 1.60. The van der Waals surface area contributed by atoms with E-state index in [0.29, 0.717) is 5.41 Å². The second-order valence-electron chi connectivity index (χ2n) is 6.96. The van der Waals surface area contributed by atoms with Gasteiger partial charge in [-0.3, -0.25) is 0 Å². The molecule has 3 nitrogen and oxygen atoms in total. The van der Waals surface area contributed by atoms with Gasteiger partial charge in [0, 0.05) is 31.7 Å². The molecule has 0 aromatic heterocycles. The molecule has 2 unspecified atom stereocenters. The molecule has 0 radical (unpaired) electrons. The summed E-state index contributed by atoms with van der Waals surface area (Å²) in [5.41, 5.74) is 0.448. The molecule has 1 aliphatic heterocycles. The van der Waals surface area contributed by atoms with Crippen LogP contribution in [0, 0.1) is 5.41 Å². The lowest BCUT2D eigenvalue weighted by molar-refractivity contribution is 0.169. The Bertz CT molecular complexity index is 262. The SMILES string of the molecule is CCC(C)(CNC1CC1)CN1CCC(N(C)C)C1. The zero-order chi connectivity index (χ0) is 13.2. The first-order chi connectivity index (χ1) is 8.52. The third-order valence-corrected chi connectivity index (χ3v) is 4.83. The van der Waals surface area contributed by atoms with Crippen molar-refractivity contribution in [3.63, 3.8) is 0 Å². The van der Waals surface area contributed by atoms with Crippen LogP contribution in [0.25, 0.3) is 0 Å². The maximum Gasteiger partial charge on any atom is 0.0229 e. The highest BCUT2D eigenvalue weighted by Gasteiger charge is 2.32. The number of nitrogens with one attached hydrogen (secondary N) is 1. The van der Waals surface area contributed by atoms with Crippen LogP contribution in [-0.4, -0.2) is 62.2 Å². The van der Waals surface area contributed by atoms with Crippen molar-refractivity contribution >= 4 is 0 Å². The minimum Gasteiger partial charge on any atom is -0.313 e. The molecular formula is C15H31N3. The van der Waals surface area contributed by atoms with Crippen molar-refractivity contribution in [2.24, 2.45) is 5.41 Å². The number of likely N-dealkylation sites (tertiary alicyclic amines) is 1. The van der Waals surface area contributed by atoms with Crippen molar-refractivity contribution in [2.45, 2.75) is 51.6 Å². The van der Waals surface area contributed by atoms with E-state index >= 15 is 0 Å². The molecule has 2 aliphatic rings. The lowest BCUT2D eigenvalue weighted by Crippen LogP contribution is -2.42. The van der Waals surface area contributed by atoms with E-state index in [-0.39, 0.29) is 0 Å². The summed E-state index contributed by atoms with van der Waals surface area (Å²) in [7, 11) is 4.42. The molecule has 1 N–H and O–H groups in total. The molecule has 1 saturated heterocycles. The Morgan fingerprint density at radius 1 is 1.28 bits per heavy atom. The van der Waals surface area contributed by atoms with Crippen LogP contribution in [0.15, 0.2) is 0 Å². The van der Waals surface area contributed by atoms with Gasteiger partial charge in [-0.05, 0) is 51.7 Å². The summed E-state index contributed by atoms with van der Waals surface area (Å²) in [5.74, 6) is 0. The summed E-state index contributed by atoms with van der Waals surface area (Å²) in [6.07, 6.45) is 5.40. The Balaban J connectivity index is 1.78. The van der Waals surface area contributed by atoms with Crippen molar-refractivity contribution in [1.29, 1.82) is 0 Å². The van der Waals surface area contributed by atoms with Gasteiger partial charge >= 0.3 is 0 Å². The van der Waals surface area contributed by atoms with Crippen molar-refractivity contribution in [1.82, 2.24) is 15.1 Å². The van der Waals surface area contributed by atoms with Crippen LogP contribution in [0.5, 0.6) is 0 Å². The van der Waals surface area contributed by atoms with E-state index in [1.54, 1.807) is 0 Å². The van der Waals surface area contributed by atoms with E-state index < -0.39 is 0 Å². The summed E-state index contributed by atoms with van der Waals surface area (Å²) < 4.78 is 0. The van der Waals surface area contributed by atoms with Crippen LogP contribution in [-0.2, 0) is 0 Å². The van der Waals surface area contributed by atoms with Crippen molar-refractivity contribution in [3.05, 3.63) is 0 Å². The van der Waals surface area contributed by atoms with Crippen LogP contribution in [0.2, 0.25) is 0 Å². The largest absolute Gasteiger partial charge is 0.313 e. The van der Waals surface area contributed by atoms with E-state index in [1.807, 2.05) is 0 Å². The van der Waals surface area contributed by atoms with Gasteiger partial charge in [0.05, 0.1) is 0 Å². The Morgan fingerprint density at radius 3 is 2.50 bits per heavy atom. The van der Waals surface area contributed by atoms with E-state index in [1.165, 1.54) is 51.9 Å². The maximum atomic E-state index is 3.72. The zero-order valence-electron chi connectivity index (χ0n) is 12.7. The highest BCUT2D eigenvalue weighted by Crippen LogP contribution is 2.27. The van der Waals surface area contributed by atoms with Crippen molar-refractivity contribution < 1.29 is 0 Å². The van der Waals surface area contributed by atoms with Crippen LogP contribution >= 0.6 is 0 Å². The molecule has 3 heteroatoms. The lowest BCUT2D eigenvalue weighted by Gasteiger charge is -2.33. The van der Waals surface area contributed by atoms with Gasteiger partial charge in [0.2, 0.25) is 0 Å². The number of nitrogens with zero attached hydrogens (tertiary/aromatic N) is 2. The standard InChI is InChI=1S/C15H31N3/c1-5-15(2,11-16-13-6-7-13)12-18-9-8-14(10-18)17(3)4/h13-14,16H,5-12H2,1-4H3. The Morgan fingerprint density at radius 2 is 2.00 bits per heavy atom. The smallest absolute Gasteiger partial charge is 0.0229 e. The third-order valence-electron chi connectivity index (χ3n) is 4.83. The molecule has 0 aromatic rings. The van der Waals surface area contributed by atoms with Crippen LogP contribution in [0.1, 0.15) is 39.5 Å². The van der Waals surface area contributed by atoms with Crippen LogP contribution in [0.4, 0.5) is 0 Å². The van der Waals surface area contributed by atoms with Gasteiger partial charge in [-0.15, -0.1) is 0 Å². The molecule has 2 atom stereocenters. The van der Waals surface area contributed by atoms with Gasteiger partial charge in [0.1, 0.15) is 0 Å². The second kappa shape index (κ2) is 5.89. The number of hydrogen-bond donors (Lipinski definition) is 1. The van der Waals surface area contributed by atoms with Gasteiger partial charge in [-0.2, -0.15) is 0 Å². The fraction of sp³-hybridized carbons (Fsp3) is 1.00. The second-order valence-corrected chi connectivity index (χ2v) is 6.96. The van der Waals surface area contributed by atoms with Crippen molar-refractivity contribution in [3.8, 4) is 0 Å². The number of likely N-dealkylation sites (N-methyl/N-ethyl adjacent to an activating group) is 1. The van der Waals surface area contributed by atoms with Gasteiger partial charge in [0.25, 0.3) is 0 Å². The highest BCUT2D eigenvalue weighted by molar-refractivity contribution is 4.89. The molecule has 2 fully saturated rings. The molecule has 2 rings (SSSR count). The Labute approximate surface area is 113 Å². The number of hydrogen-bond acceptors (Lipinski definition) is 3. The fourth-order valence-corrected chi connectivity index (χ4v) is 2.89. The molecule has 1 aliphatic carbocycles. The van der Waals surface area contributed by atoms with E-state index in [9.17, 15) is 0 Å². The zero-order valence-corrected chi connectivity index (χ0v) is 12.7. The average Bonchev–Trinajstić information content (AvgIpc) is 3.06.